The van der Waals surface area contributed by atoms with Gasteiger partial charge >= 0.3 is 0 Å². The minimum Gasteiger partial charge on any atom is -0.494 e. The molecule has 0 aliphatic carbocycles. The van der Waals surface area contributed by atoms with E-state index < -0.39 is 6.04 Å². The van der Waals surface area contributed by atoms with E-state index in [0.29, 0.717) is 17.2 Å². The number of amides is 2. The Morgan fingerprint density at radius 3 is 2.32 bits per heavy atom. The van der Waals surface area contributed by atoms with Gasteiger partial charge in [0.2, 0.25) is 0 Å². The van der Waals surface area contributed by atoms with Crippen molar-refractivity contribution < 1.29 is 14.3 Å². The van der Waals surface area contributed by atoms with Crippen LogP contribution < -0.4 is 15.5 Å². The number of carbonyl (C=O) groups excluding carboxylic acids is 2. The molecule has 0 radical (unpaired) electrons. The van der Waals surface area contributed by atoms with Gasteiger partial charge in [-0.05, 0) is 66.9 Å². The van der Waals surface area contributed by atoms with E-state index in [2.05, 4.69) is 15.8 Å². The van der Waals surface area contributed by atoms with Crippen molar-refractivity contribution in [1.82, 2.24) is 10.7 Å². The van der Waals surface area contributed by atoms with Crippen LogP contribution in [-0.2, 0) is 4.79 Å². The van der Waals surface area contributed by atoms with Crippen LogP contribution in [0.4, 0.5) is 0 Å². The lowest BCUT2D eigenvalue weighted by atomic mass is 10.0. The van der Waals surface area contributed by atoms with Crippen LogP contribution in [0.2, 0.25) is 5.02 Å². The van der Waals surface area contributed by atoms with Gasteiger partial charge in [0.05, 0.1) is 12.8 Å². The molecule has 1 atom stereocenters. The van der Waals surface area contributed by atoms with Gasteiger partial charge in [-0.1, -0.05) is 25.4 Å². The first-order valence-electron chi connectivity index (χ1n) is 9.03. The number of carbonyl (C=O) groups is 2. The minimum atomic E-state index is -0.722. The number of hydrazone groups is 1. The van der Waals surface area contributed by atoms with E-state index in [1.165, 1.54) is 6.21 Å². The Morgan fingerprint density at radius 2 is 1.75 bits per heavy atom. The van der Waals surface area contributed by atoms with Gasteiger partial charge in [-0.2, -0.15) is 5.10 Å². The summed E-state index contributed by atoms with van der Waals surface area (Å²) in [6.45, 7) is 6.22. The molecule has 2 amide bonds. The molecule has 6 nitrogen and oxygen atoms in total. The van der Waals surface area contributed by atoms with Crippen LogP contribution in [-0.4, -0.2) is 30.7 Å². The zero-order chi connectivity index (χ0) is 20.5. The fourth-order valence-corrected chi connectivity index (χ4v) is 2.54. The summed E-state index contributed by atoms with van der Waals surface area (Å²) in [5, 5.41) is 7.26. The first-order chi connectivity index (χ1) is 13.4. The summed E-state index contributed by atoms with van der Waals surface area (Å²) < 4.78 is 5.38. The summed E-state index contributed by atoms with van der Waals surface area (Å²) in [7, 11) is 0. The first-order valence-corrected chi connectivity index (χ1v) is 9.40. The fourth-order valence-electron chi connectivity index (χ4n) is 2.42. The molecule has 2 aromatic carbocycles. The lowest BCUT2D eigenvalue weighted by molar-refractivity contribution is -0.123. The Balaban J connectivity index is 1.96. The van der Waals surface area contributed by atoms with Crippen molar-refractivity contribution in [3.63, 3.8) is 0 Å². The molecular formula is C21H24ClN3O3. The second-order valence-corrected chi connectivity index (χ2v) is 6.87. The molecule has 0 heterocycles. The van der Waals surface area contributed by atoms with Crippen LogP contribution in [0.5, 0.6) is 5.75 Å². The Labute approximate surface area is 169 Å². The lowest BCUT2D eigenvalue weighted by Crippen LogP contribution is -2.48. The van der Waals surface area contributed by atoms with Crippen LogP contribution in [0.1, 0.15) is 36.7 Å². The summed E-state index contributed by atoms with van der Waals surface area (Å²) in [4.78, 5) is 24.8. The van der Waals surface area contributed by atoms with Crippen molar-refractivity contribution in [3.05, 3.63) is 64.7 Å². The third kappa shape index (κ3) is 6.39. The Kier molecular flexibility index (Phi) is 8.02. The number of hydrogen-bond donors (Lipinski definition) is 2. The molecule has 1 unspecified atom stereocenters. The highest BCUT2D eigenvalue weighted by molar-refractivity contribution is 6.30. The smallest absolute Gasteiger partial charge is 0.262 e. The SMILES string of the molecule is CCOc1ccc(/C=N/NC(=O)C(NC(=O)c2ccc(Cl)cc2)C(C)C)cc1. The highest BCUT2D eigenvalue weighted by atomic mass is 35.5. The summed E-state index contributed by atoms with van der Waals surface area (Å²) in [6, 6.07) is 13.1. The van der Waals surface area contributed by atoms with Crippen LogP contribution >= 0.6 is 11.6 Å². The molecule has 2 N–H and O–H groups in total. The summed E-state index contributed by atoms with van der Waals surface area (Å²) in [5.41, 5.74) is 3.73. The molecule has 0 fully saturated rings. The highest BCUT2D eigenvalue weighted by Crippen LogP contribution is 2.12. The van der Waals surface area contributed by atoms with Crippen molar-refractivity contribution in [2.75, 3.05) is 6.61 Å². The predicted octanol–water partition coefficient (Wildman–Crippen LogP) is 3.64. The average Bonchev–Trinajstić information content (AvgIpc) is 2.67. The molecule has 2 rings (SSSR count). The quantitative estimate of drug-likeness (QED) is 0.523. The molecule has 0 aromatic heterocycles. The molecule has 0 saturated carbocycles. The van der Waals surface area contributed by atoms with E-state index in [0.717, 1.165) is 11.3 Å². The van der Waals surface area contributed by atoms with Gasteiger partial charge in [-0.15, -0.1) is 0 Å². The standard InChI is InChI=1S/C21H24ClN3O3/c1-4-28-18-11-5-15(6-12-18)13-23-25-21(27)19(14(2)3)24-20(26)16-7-9-17(22)10-8-16/h5-14,19H,4H2,1-3H3,(H,24,26)(H,25,27)/b23-13+. The largest absolute Gasteiger partial charge is 0.494 e. The van der Waals surface area contributed by atoms with Gasteiger partial charge in [-0.3, -0.25) is 9.59 Å². The van der Waals surface area contributed by atoms with Crippen LogP contribution in [0.15, 0.2) is 53.6 Å². The van der Waals surface area contributed by atoms with E-state index in [1.807, 2.05) is 45.0 Å². The van der Waals surface area contributed by atoms with Crippen molar-refractivity contribution in [3.8, 4) is 5.75 Å². The van der Waals surface area contributed by atoms with E-state index in [-0.39, 0.29) is 17.7 Å². The molecule has 0 aliphatic heterocycles. The third-order valence-electron chi connectivity index (χ3n) is 3.92. The van der Waals surface area contributed by atoms with E-state index >= 15 is 0 Å². The van der Waals surface area contributed by atoms with Gasteiger partial charge in [-0.25, -0.2) is 5.43 Å². The third-order valence-corrected chi connectivity index (χ3v) is 4.17. The number of nitrogens with one attached hydrogen (secondary N) is 2. The maximum absolute atomic E-state index is 12.5. The summed E-state index contributed by atoms with van der Waals surface area (Å²) in [5.74, 6) is -0.0779. The first kappa shape index (κ1) is 21.4. The summed E-state index contributed by atoms with van der Waals surface area (Å²) >= 11 is 5.84. The Hall–Kier alpha value is -2.86. The molecule has 0 saturated heterocycles. The molecule has 0 spiro atoms. The number of hydrogen-bond acceptors (Lipinski definition) is 4. The number of benzene rings is 2. The molecule has 0 aliphatic rings. The van der Waals surface area contributed by atoms with Gasteiger partial charge in [0, 0.05) is 10.6 Å². The average molecular weight is 402 g/mol. The second-order valence-electron chi connectivity index (χ2n) is 6.44. The Morgan fingerprint density at radius 1 is 1.11 bits per heavy atom. The van der Waals surface area contributed by atoms with Gasteiger partial charge < -0.3 is 10.1 Å². The fraction of sp³-hybridized carbons (Fsp3) is 0.286. The van der Waals surface area contributed by atoms with Gasteiger partial charge in [0.1, 0.15) is 11.8 Å². The summed E-state index contributed by atoms with van der Waals surface area (Å²) in [6.07, 6.45) is 1.53. The van der Waals surface area contributed by atoms with Crippen molar-refractivity contribution in [1.29, 1.82) is 0 Å². The van der Waals surface area contributed by atoms with Crippen molar-refractivity contribution in [2.24, 2.45) is 11.0 Å². The zero-order valence-corrected chi connectivity index (χ0v) is 16.9. The van der Waals surface area contributed by atoms with Crippen molar-refractivity contribution in [2.45, 2.75) is 26.8 Å². The molecular weight excluding hydrogens is 378 g/mol. The van der Waals surface area contributed by atoms with Gasteiger partial charge in [0.25, 0.3) is 11.8 Å². The van der Waals surface area contributed by atoms with Crippen molar-refractivity contribution >= 4 is 29.6 Å². The van der Waals surface area contributed by atoms with Crippen LogP contribution in [0, 0.1) is 5.92 Å². The molecule has 0 bridgehead atoms. The maximum atomic E-state index is 12.5. The lowest BCUT2D eigenvalue weighted by Gasteiger charge is -2.20. The highest BCUT2D eigenvalue weighted by Gasteiger charge is 2.24. The molecule has 7 heteroatoms. The topological polar surface area (TPSA) is 79.8 Å². The number of rotatable bonds is 8. The second kappa shape index (κ2) is 10.5. The van der Waals surface area contributed by atoms with E-state index in [4.69, 9.17) is 16.3 Å². The maximum Gasteiger partial charge on any atom is 0.262 e. The van der Waals surface area contributed by atoms with E-state index in [1.54, 1.807) is 24.3 Å². The minimum absolute atomic E-state index is 0.114. The zero-order valence-electron chi connectivity index (χ0n) is 16.1. The Bertz CT molecular complexity index is 818. The molecule has 148 valence electrons. The molecule has 2 aromatic rings. The van der Waals surface area contributed by atoms with Gasteiger partial charge in [0.15, 0.2) is 0 Å². The number of ether oxygens (including phenoxy) is 1. The predicted molar refractivity (Wildman–Crippen MR) is 111 cm³/mol. The number of halogens is 1. The normalized spacial score (nSPS) is 12.0. The monoisotopic (exact) mass is 401 g/mol. The number of nitrogens with zero attached hydrogens (tertiary/aromatic N) is 1. The van der Waals surface area contributed by atoms with E-state index in [9.17, 15) is 9.59 Å². The van der Waals surface area contributed by atoms with Crippen LogP contribution in [0.3, 0.4) is 0 Å². The van der Waals surface area contributed by atoms with Crippen LogP contribution in [0.25, 0.3) is 0 Å². The molecule has 28 heavy (non-hydrogen) atoms.